The van der Waals surface area contributed by atoms with Crippen LogP contribution in [0.15, 0.2) is 65.5 Å². The second-order valence-corrected chi connectivity index (χ2v) is 6.18. The third-order valence-electron chi connectivity index (χ3n) is 4.51. The summed E-state index contributed by atoms with van der Waals surface area (Å²) in [5.41, 5.74) is 1.08. The van der Waals surface area contributed by atoms with Crippen molar-refractivity contribution in [3.8, 4) is 0 Å². The zero-order valence-electron chi connectivity index (χ0n) is 13.2. The lowest BCUT2D eigenvalue weighted by Gasteiger charge is -2.18. The van der Waals surface area contributed by atoms with E-state index in [0.29, 0.717) is 6.42 Å². The van der Waals surface area contributed by atoms with E-state index in [1.54, 1.807) is 18.7 Å². The third kappa shape index (κ3) is 3.11. The second-order valence-electron chi connectivity index (χ2n) is 6.18. The first-order valence-corrected chi connectivity index (χ1v) is 8.18. The molecule has 1 amide bonds. The number of hydrogen-bond donors (Lipinski definition) is 2. The Morgan fingerprint density at radius 3 is 2.88 bits per heavy atom. The molecular weight excluding hydrogens is 302 g/mol. The number of nitrogens with zero attached hydrogens (tertiary/aromatic N) is 1. The number of furan rings is 1. The molecule has 122 valence electrons. The van der Waals surface area contributed by atoms with Gasteiger partial charge in [-0.3, -0.25) is 4.79 Å². The van der Waals surface area contributed by atoms with Gasteiger partial charge in [-0.2, -0.15) is 0 Å². The number of aromatic amines is 1. The highest BCUT2D eigenvalue weighted by molar-refractivity contribution is 5.83. The van der Waals surface area contributed by atoms with Crippen molar-refractivity contribution in [2.75, 3.05) is 0 Å². The van der Waals surface area contributed by atoms with Gasteiger partial charge in [0.25, 0.3) is 0 Å². The standard InChI is InChI=1S/C19H19N3O2/c23-19(15-11-14(15)17-7-4-10-24-17)22-16(12-18-20-8-9-21-18)13-5-2-1-3-6-13/h1-10,14-16H,11-12H2,(H,20,21)(H,22,23)/t14-,15+,16-/m1/s1. The fourth-order valence-electron chi connectivity index (χ4n) is 3.12. The SMILES string of the molecule is O=C(N[C@H](Cc1ncc[nH]1)c1ccccc1)[C@H]1C[C@H]1c1ccco1. The van der Waals surface area contributed by atoms with Gasteiger partial charge in [0, 0.05) is 30.7 Å². The predicted molar refractivity (Wildman–Crippen MR) is 89.2 cm³/mol. The summed E-state index contributed by atoms with van der Waals surface area (Å²) in [4.78, 5) is 20.0. The molecule has 1 saturated carbocycles. The maximum Gasteiger partial charge on any atom is 0.224 e. The summed E-state index contributed by atoms with van der Waals surface area (Å²) < 4.78 is 5.42. The van der Waals surface area contributed by atoms with Crippen molar-refractivity contribution in [2.45, 2.75) is 24.8 Å². The molecule has 0 bridgehead atoms. The van der Waals surface area contributed by atoms with Crippen LogP contribution < -0.4 is 5.32 Å². The topological polar surface area (TPSA) is 70.9 Å². The highest BCUT2D eigenvalue weighted by Gasteiger charge is 2.46. The first kappa shape index (κ1) is 14.8. The molecule has 0 radical (unpaired) electrons. The number of aromatic nitrogens is 2. The van der Waals surface area contributed by atoms with Gasteiger partial charge < -0.3 is 14.7 Å². The van der Waals surface area contributed by atoms with E-state index in [1.807, 2.05) is 42.5 Å². The fraction of sp³-hybridized carbons (Fsp3) is 0.263. The summed E-state index contributed by atoms with van der Waals surface area (Å²) in [6, 6.07) is 13.7. The van der Waals surface area contributed by atoms with Crippen molar-refractivity contribution in [2.24, 2.45) is 5.92 Å². The molecule has 0 unspecified atom stereocenters. The maximum absolute atomic E-state index is 12.6. The van der Waals surface area contributed by atoms with Gasteiger partial charge in [-0.25, -0.2) is 4.98 Å². The van der Waals surface area contributed by atoms with E-state index in [2.05, 4.69) is 15.3 Å². The molecule has 4 rings (SSSR count). The van der Waals surface area contributed by atoms with Crippen LogP contribution >= 0.6 is 0 Å². The number of carbonyl (C=O) groups excluding carboxylic acids is 1. The molecule has 2 heterocycles. The molecule has 2 aromatic heterocycles. The summed E-state index contributed by atoms with van der Waals surface area (Å²) in [7, 11) is 0. The van der Waals surface area contributed by atoms with Gasteiger partial charge in [-0.15, -0.1) is 0 Å². The Morgan fingerprint density at radius 2 is 2.17 bits per heavy atom. The molecule has 1 aliphatic rings. The van der Waals surface area contributed by atoms with Gasteiger partial charge in [0.05, 0.1) is 12.3 Å². The van der Waals surface area contributed by atoms with E-state index in [0.717, 1.165) is 23.6 Å². The Morgan fingerprint density at radius 1 is 1.29 bits per heavy atom. The normalized spacial score (nSPS) is 20.5. The molecule has 0 aliphatic heterocycles. The lowest BCUT2D eigenvalue weighted by Crippen LogP contribution is -2.31. The van der Waals surface area contributed by atoms with E-state index in [4.69, 9.17) is 4.42 Å². The Balaban J connectivity index is 1.47. The van der Waals surface area contributed by atoms with Crippen molar-refractivity contribution in [1.29, 1.82) is 0 Å². The van der Waals surface area contributed by atoms with Crippen LogP contribution in [0.25, 0.3) is 0 Å². The van der Waals surface area contributed by atoms with Crippen molar-refractivity contribution in [3.05, 3.63) is 78.3 Å². The Hall–Kier alpha value is -2.82. The molecule has 5 heteroatoms. The molecule has 1 aromatic carbocycles. The molecule has 3 aromatic rings. The smallest absolute Gasteiger partial charge is 0.224 e. The number of benzene rings is 1. The van der Waals surface area contributed by atoms with Gasteiger partial charge >= 0.3 is 0 Å². The fourth-order valence-corrected chi connectivity index (χ4v) is 3.12. The number of rotatable bonds is 6. The first-order chi connectivity index (χ1) is 11.8. The van der Waals surface area contributed by atoms with E-state index >= 15 is 0 Å². The molecule has 1 fully saturated rings. The number of carbonyl (C=O) groups is 1. The average molecular weight is 321 g/mol. The number of imidazole rings is 1. The predicted octanol–water partition coefficient (Wildman–Crippen LogP) is 3.21. The molecule has 5 nitrogen and oxygen atoms in total. The van der Waals surface area contributed by atoms with Crippen molar-refractivity contribution >= 4 is 5.91 Å². The molecule has 0 spiro atoms. The van der Waals surface area contributed by atoms with Crippen molar-refractivity contribution < 1.29 is 9.21 Å². The van der Waals surface area contributed by atoms with E-state index in [9.17, 15) is 4.79 Å². The lowest BCUT2D eigenvalue weighted by atomic mass is 10.0. The number of amides is 1. The largest absolute Gasteiger partial charge is 0.469 e. The number of hydrogen-bond acceptors (Lipinski definition) is 3. The van der Waals surface area contributed by atoms with Crippen LogP contribution in [0.4, 0.5) is 0 Å². The van der Waals surface area contributed by atoms with Crippen LogP contribution in [0.5, 0.6) is 0 Å². The van der Waals surface area contributed by atoms with Gasteiger partial charge in [0.2, 0.25) is 5.91 Å². The quantitative estimate of drug-likeness (QED) is 0.732. The zero-order valence-corrected chi connectivity index (χ0v) is 13.2. The molecule has 2 N–H and O–H groups in total. The van der Waals surface area contributed by atoms with Crippen LogP contribution in [-0.4, -0.2) is 15.9 Å². The van der Waals surface area contributed by atoms with Crippen LogP contribution in [0.2, 0.25) is 0 Å². The number of H-pyrrole nitrogens is 1. The minimum atomic E-state index is -0.0947. The lowest BCUT2D eigenvalue weighted by molar-refractivity contribution is -0.123. The molecule has 1 aliphatic carbocycles. The summed E-state index contributed by atoms with van der Waals surface area (Å²) in [5.74, 6) is 2.05. The Bertz CT molecular complexity index is 781. The summed E-state index contributed by atoms with van der Waals surface area (Å²) in [6.07, 6.45) is 6.68. The summed E-state index contributed by atoms with van der Waals surface area (Å²) >= 11 is 0. The molecular formula is C19H19N3O2. The second kappa shape index (κ2) is 6.35. The molecule has 0 saturated heterocycles. The maximum atomic E-state index is 12.6. The van der Waals surface area contributed by atoms with Gasteiger partial charge in [0.15, 0.2) is 0 Å². The monoisotopic (exact) mass is 321 g/mol. The van der Waals surface area contributed by atoms with Crippen LogP contribution in [0.1, 0.15) is 35.5 Å². The minimum absolute atomic E-state index is 0.000960. The Kier molecular flexibility index (Phi) is 3.91. The third-order valence-corrected chi connectivity index (χ3v) is 4.51. The molecule has 3 atom stereocenters. The van der Waals surface area contributed by atoms with Gasteiger partial charge in [0.1, 0.15) is 11.6 Å². The summed E-state index contributed by atoms with van der Waals surface area (Å²) in [6.45, 7) is 0. The van der Waals surface area contributed by atoms with E-state index in [-0.39, 0.29) is 23.8 Å². The Labute approximate surface area is 140 Å². The van der Waals surface area contributed by atoms with E-state index in [1.165, 1.54) is 0 Å². The average Bonchev–Trinajstić information content (AvgIpc) is 3.02. The minimum Gasteiger partial charge on any atom is -0.469 e. The van der Waals surface area contributed by atoms with Crippen LogP contribution in [0.3, 0.4) is 0 Å². The van der Waals surface area contributed by atoms with E-state index < -0.39 is 0 Å². The van der Waals surface area contributed by atoms with Crippen molar-refractivity contribution in [1.82, 2.24) is 15.3 Å². The van der Waals surface area contributed by atoms with Gasteiger partial charge in [-0.05, 0) is 24.1 Å². The highest BCUT2D eigenvalue weighted by Crippen LogP contribution is 2.47. The van der Waals surface area contributed by atoms with Crippen LogP contribution in [0, 0.1) is 5.92 Å². The first-order valence-electron chi connectivity index (χ1n) is 8.18. The van der Waals surface area contributed by atoms with Crippen molar-refractivity contribution in [3.63, 3.8) is 0 Å². The molecule has 24 heavy (non-hydrogen) atoms. The van der Waals surface area contributed by atoms with Gasteiger partial charge in [-0.1, -0.05) is 30.3 Å². The van der Waals surface area contributed by atoms with Crippen LogP contribution in [-0.2, 0) is 11.2 Å². The highest BCUT2D eigenvalue weighted by atomic mass is 16.3. The summed E-state index contributed by atoms with van der Waals surface area (Å²) in [5, 5.41) is 3.18. The number of nitrogens with one attached hydrogen (secondary N) is 2. The zero-order chi connectivity index (χ0) is 16.4.